The van der Waals surface area contributed by atoms with Crippen LogP contribution in [-0.4, -0.2) is 13.7 Å². The number of rotatable bonds is 6. The summed E-state index contributed by atoms with van der Waals surface area (Å²) in [4.78, 5) is 0. The fraction of sp³-hybridized carbons (Fsp3) is 0.571. The molecular weight excluding hydrogens is 214 g/mol. The largest absolute Gasteiger partial charge is 0.497 e. The number of benzene rings is 1. The normalized spacial score (nSPS) is 14.2. The lowest BCUT2D eigenvalue weighted by Gasteiger charge is -2.17. The van der Waals surface area contributed by atoms with Gasteiger partial charge in [0.15, 0.2) is 0 Å². The predicted molar refractivity (Wildman–Crippen MR) is 70.5 cm³/mol. The monoisotopic (exact) mass is 237 g/mol. The van der Waals surface area contributed by atoms with Crippen molar-refractivity contribution in [1.82, 2.24) is 0 Å². The highest BCUT2D eigenvalue weighted by Crippen LogP contribution is 2.29. The maximum atomic E-state index is 5.92. The van der Waals surface area contributed by atoms with Crippen molar-refractivity contribution < 1.29 is 9.47 Å². The Hall–Kier alpha value is -1.22. The molecule has 0 radical (unpaired) electrons. The first-order valence-corrected chi connectivity index (χ1v) is 6.14. The number of hydrogen-bond acceptors (Lipinski definition) is 3. The molecule has 3 nitrogen and oxygen atoms in total. The van der Waals surface area contributed by atoms with Crippen LogP contribution in [0.5, 0.6) is 11.5 Å². The van der Waals surface area contributed by atoms with Gasteiger partial charge in [0.05, 0.1) is 13.7 Å². The summed E-state index contributed by atoms with van der Waals surface area (Å²) < 4.78 is 11.0. The average molecular weight is 237 g/mol. The van der Waals surface area contributed by atoms with Crippen LogP contribution in [0.4, 0.5) is 0 Å². The first kappa shape index (κ1) is 13.8. The molecule has 0 aliphatic carbocycles. The van der Waals surface area contributed by atoms with Gasteiger partial charge < -0.3 is 15.2 Å². The molecule has 0 aliphatic heterocycles. The standard InChI is InChI=1S/C14H23NO2/c1-5-10(2)9-17-14-8-12(16-4)6-7-13(14)11(3)15/h6-8,10-11H,5,9,15H2,1-4H3/t10?,11-/m0/s1. The molecule has 0 spiro atoms. The van der Waals surface area contributed by atoms with Crippen molar-refractivity contribution in [3.05, 3.63) is 23.8 Å². The average Bonchev–Trinajstić information content (AvgIpc) is 2.35. The highest BCUT2D eigenvalue weighted by Gasteiger charge is 2.10. The SMILES string of the molecule is CCC(C)COc1cc(OC)ccc1[C@H](C)N. The summed E-state index contributed by atoms with van der Waals surface area (Å²) in [5.41, 5.74) is 6.95. The summed E-state index contributed by atoms with van der Waals surface area (Å²) in [5.74, 6) is 2.18. The van der Waals surface area contributed by atoms with Crippen molar-refractivity contribution >= 4 is 0 Å². The summed E-state index contributed by atoms with van der Waals surface area (Å²) in [6, 6.07) is 5.75. The summed E-state index contributed by atoms with van der Waals surface area (Å²) in [6.07, 6.45) is 1.11. The molecule has 1 unspecified atom stereocenters. The van der Waals surface area contributed by atoms with E-state index in [4.69, 9.17) is 15.2 Å². The molecule has 1 rings (SSSR count). The zero-order chi connectivity index (χ0) is 12.8. The quantitative estimate of drug-likeness (QED) is 0.826. The van der Waals surface area contributed by atoms with Crippen molar-refractivity contribution in [3.8, 4) is 11.5 Å². The van der Waals surface area contributed by atoms with Crippen LogP contribution in [0, 0.1) is 5.92 Å². The Morgan fingerprint density at radius 2 is 2.00 bits per heavy atom. The molecule has 0 saturated heterocycles. The van der Waals surface area contributed by atoms with Crippen LogP contribution in [0.1, 0.15) is 38.8 Å². The smallest absolute Gasteiger partial charge is 0.127 e. The fourth-order valence-corrected chi connectivity index (χ4v) is 1.49. The van der Waals surface area contributed by atoms with E-state index in [0.717, 1.165) is 23.5 Å². The van der Waals surface area contributed by atoms with Gasteiger partial charge in [0, 0.05) is 17.7 Å². The van der Waals surface area contributed by atoms with Crippen LogP contribution in [-0.2, 0) is 0 Å². The van der Waals surface area contributed by atoms with Gasteiger partial charge in [0.2, 0.25) is 0 Å². The molecule has 0 amide bonds. The Labute approximate surface area is 104 Å². The van der Waals surface area contributed by atoms with E-state index in [1.54, 1.807) is 7.11 Å². The van der Waals surface area contributed by atoms with Crippen molar-refractivity contribution in [2.45, 2.75) is 33.2 Å². The van der Waals surface area contributed by atoms with Crippen LogP contribution in [0.3, 0.4) is 0 Å². The van der Waals surface area contributed by atoms with Gasteiger partial charge >= 0.3 is 0 Å². The number of hydrogen-bond donors (Lipinski definition) is 1. The number of ether oxygens (including phenoxy) is 2. The molecule has 0 saturated carbocycles. The van der Waals surface area contributed by atoms with E-state index in [1.807, 2.05) is 25.1 Å². The van der Waals surface area contributed by atoms with Crippen LogP contribution in [0.15, 0.2) is 18.2 Å². The highest BCUT2D eigenvalue weighted by atomic mass is 16.5. The second-order valence-electron chi connectivity index (χ2n) is 4.52. The van der Waals surface area contributed by atoms with Crippen LogP contribution in [0.25, 0.3) is 0 Å². The van der Waals surface area contributed by atoms with Crippen molar-refractivity contribution in [2.75, 3.05) is 13.7 Å². The third kappa shape index (κ3) is 3.93. The molecule has 96 valence electrons. The fourth-order valence-electron chi connectivity index (χ4n) is 1.49. The van der Waals surface area contributed by atoms with Crippen molar-refractivity contribution in [1.29, 1.82) is 0 Å². The van der Waals surface area contributed by atoms with Gasteiger partial charge in [-0.25, -0.2) is 0 Å². The molecule has 1 aromatic rings. The minimum atomic E-state index is -0.0344. The maximum absolute atomic E-state index is 5.92. The number of nitrogens with two attached hydrogens (primary N) is 1. The first-order chi connectivity index (χ1) is 8.08. The zero-order valence-electron chi connectivity index (χ0n) is 11.2. The summed E-state index contributed by atoms with van der Waals surface area (Å²) in [7, 11) is 1.65. The summed E-state index contributed by atoms with van der Waals surface area (Å²) in [5, 5.41) is 0. The van der Waals surface area contributed by atoms with Gasteiger partial charge in [-0.15, -0.1) is 0 Å². The Bertz CT molecular complexity index is 350. The molecule has 0 aliphatic rings. The van der Waals surface area contributed by atoms with E-state index in [0.29, 0.717) is 12.5 Å². The maximum Gasteiger partial charge on any atom is 0.127 e. The third-order valence-corrected chi connectivity index (χ3v) is 2.93. The Kier molecular flexibility index (Phi) is 5.29. The predicted octanol–water partition coefficient (Wildman–Crippen LogP) is 3.14. The Morgan fingerprint density at radius 1 is 1.29 bits per heavy atom. The van der Waals surface area contributed by atoms with Crippen molar-refractivity contribution in [2.24, 2.45) is 11.7 Å². The van der Waals surface area contributed by atoms with E-state index < -0.39 is 0 Å². The van der Waals surface area contributed by atoms with E-state index in [2.05, 4.69) is 13.8 Å². The molecule has 2 atom stereocenters. The van der Waals surface area contributed by atoms with Crippen LogP contribution >= 0.6 is 0 Å². The molecule has 0 bridgehead atoms. The molecule has 3 heteroatoms. The highest BCUT2D eigenvalue weighted by molar-refractivity contribution is 5.42. The minimum absolute atomic E-state index is 0.0344. The lowest BCUT2D eigenvalue weighted by Crippen LogP contribution is -2.12. The molecule has 2 N–H and O–H groups in total. The van der Waals surface area contributed by atoms with E-state index in [-0.39, 0.29) is 6.04 Å². The molecular formula is C14H23NO2. The van der Waals surface area contributed by atoms with E-state index in [9.17, 15) is 0 Å². The first-order valence-electron chi connectivity index (χ1n) is 6.14. The molecule has 17 heavy (non-hydrogen) atoms. The third-order valence-electron chi connectivity index (χ3n) is 2.93. The lowest BCUT2D eigenvalue weighted by atomic mass is 10.1. The van der Waals surface area contributed by atoms with E-state index >= 15 is 0 Å². The molecule has 0 heterocycles. The summed E-state index contributed by atoms with van der Waals surface area (Å²) >= 11 is 0. The van der Waals surface area contributed by atoms with Gasteiger partial charge in [-0.3, -0.25) is 0 Å². The minimum Gasteiger partial charge on any atom is -0.497 e. The molecule has 1 aromatic carbocycles. The lowest BCUT2D eigenvalue weighted by molar-refractivity contribution is 0.252. The second-order valence-corrected chi connectivity index (χ2v) is 4.52. The molecule has 0 aromatic heterocycles. The second kappa shape index (κ2) is 6.50. The van der Waals surface area contributed by atoms with Crippen LogP contribution in [0.2, 0.25) is 0 Å². The zero-order valence-corrected chi connectivity index (χ0v) is 11.2. The van der Waals surface area contributed by atoms with Crippen LogP contribution < -0.4 is 15.2 Å². The van der Waals surface area contributed by atoms with E-state index in [1.165, 1.54) is 0 Å². The molecule has 0 fully saturated rings. The summed E-state index contributed by atoms with van der Waals surface area (Å²) in [6.45, 7) is 7.00. The topological polar surface area (TPSA) is 44.5 Å². The van der Waals surface area contributed by atoms with Gasteiger partial charge in [-0.2, -0.15) is 0 Å². The Balaban J connectivity index is 2.85. The van der Waals surface area contributed by atoms with Gasteiger partial charge in [-0.1, -0.05) is 26.3 Å². The van der Waals surface area contributed by atoms with Crippen molar-refractivity contribution in [3.63, 3.8) is 0 Å². The van der Waals surface area contributed by atoms with Gasteiger partial charge in [0.1, 0.15) is 11.5 Å². The number of methoxy groups -OCH3 is 1. The Morgan fingerprint density at radius 3 is 2.53 bits per heavy atom. The van der Waals surface area contributed by atoms with Gasteiger partial charge in [0.25, 0.3) is 0 Å². The van der Waals surface area contributed by atoms with Gasteiger partial charge in [-0.05, 0) is 18.9 Å².